The molecule has 1 aromatic rings. The Morgan fingerprint density at radius 3 is 2.80 bits per heavy atom. The lowest BCUT2D eigenvalue weighted by molar-refractivity contribution is -0.126. The highest BCUT2D eigenvalue weighted by Crippen LogP contribution is 2.21. The van der Waals surface area contributed by atoms with Gasteiger partial charge in [-0.25, -0.2) is 12.7 Å². The van der Waals surface area contributed by atoms with E-state index >= 15 is 0 Å². The molecule has 7 nitrogen and oxygen atoms in total. The number of nitrogens with one attached hydrogen (secondary N) is 1. The van der Waals surface area contributed by atoms with E-state index in [0.717, 1.165) is 11.3 Å². The highest BCUT2D eigenvalue weighted by atomic mass is 32.2. The summed E-state index contributed by atoms with van der Waals surface area (Å²) in [5.74, 6) is 0.201. The molecule has 1 saturated heterocycles. The van der Waals surface area contributed by atoms with Crippen molar-refractivity contribution in [2.75, 3.05) is 39.7 Å². The van der Waals surface area contributed by atoms with E-state index < -0.39 is 10.0 Å². The van der Waals surface area contributed by atoms with Gasteiger partial charge in [0.1, 0.15) is 5.75 Å². The lowest BCUT2D eigenvalue weighted by Gasteiger charge is -2.31. The molecule has 0 radical (unpaired) electrons. The lowest BCUT2D eigenvalue weighted by Crippen LogP contribution is -2.46. The Labute approximate surface area is 149 Å². The number of benzene rings is 1. The number of rotatable bonds is 8. The van der Waals surface area contributed by atoms with Crippen LogP contribution in [-0.2, 0) is 26.1 Å². The number of piperidine rings is 1. The maximum atomic E-state index is 12.5. The molecule has 0 bridgehead atoms. The molecule has 0 saturated carbocycles. The topological polar surface area (TPSA) is 84.9 Å². The Bertz CT molecular complexity index is 677. The van der Waals surface area contributed by atoms with Crippen molar-refractivity contribution in [2.45, 2.75) is 19.4 Å². The first kappa shape index (κ1) is 19.7. The van der Waals surface area contributed by atoms with Crippen molar-refractivity contribution in [3.63, 3.8) is 0 Å². The van der Waals surface area contributed by atoms with Crippen molar-refractivity contribution in [1.29, 1.82) is 0 Å². The SMILES string of the molecule is COCCS(=O)(=O)N1CCCC(C(=O)NCc2ccccc2OC)C1. The summed E-state index contributed by atoms with van der Waals surface area (Å²) in [5, 5.41) is 2.89. The first-order valence-electron chi connectivity index (χ1n) is 8.34. The summed E-state index contributed by atoms with van der Waals surface area (Å²) in [6.45, 7) is 1.20. The third-order valence-electron chi connectivity index (χ3n) is 4.34. The van der Waals surface area contributed by atoms with Gasteiger partial charge in [0.15, 0.2) is 0 Å². The number of para-hydroxylation sites is 1. The number of ether oxygens (including phenoxy) is 2. The molecule has 1 N–H and O–H groups in total. The van der Waals surface area contributed by atoms with Gasteiger partial charge >= 0.3 is 0 Å². The molecule has 0 spiro atoms. The Morgan fingerprint density at radius 2 is 2.08 bits per heavy atom. The van der Waals surface area contributed by atoms with Crippen molar-refractivity contribution >= 4 is 15.9 Å². The molecule has 1 atom stereocenters. The van der Waals surface area contributed by atoms with Crippen LogP contribution in [0.1, 0.15) is 18.4 Å². The maximum absolute atomic E-state index is 12.5. The van der Waals surface area contributed by atoms with Gasteiger partial charge in [0.2, 0.25) is 15.9 Å². The van der Waals surface area contributed by atoms with Gasteiger partial charge in [0, 0.05) is 32.3 Å². The van der Waals surface area contributed by atoms with E-state index in [1.54, 1.807) is 7.11 Å². The zero-order valence-corrected chi connectivity index (χ0v) is 15.5. The van der Waals surface area contributed by atoms with E-state index in [1.807, 2.05) is 24.3 Å². The van der Waals surface area contributed by atoms with Gasteiger partial charge < -0.3 is 14.8 Å². The van der Waals surface area contributed by atoms with Crippen LogP contribution >= 0.6 is 0 Å². The van der Waals surface area contributed by atoms with Gasteiger partial charge in [-0.1, -0.05) is 18.2 Å². The van der Waals surface area contributed by atoms with Crippen molar-refractivity contribution in [1.82, 2.24) is 9.62 Å². The molecule has 0 aromatic heterocycles. The average Bonchev–Trinajstić information content (AvgIpc) is 2.64. The van der Waals surface area contributed by atoms with Crippen LogP contribution in [0.4, 0.5) is 0 Å². The summed E-state index contributed by atoms with van der Waals surface area (Å²) in [5.41, 5.74) is 0.888. The number of sulfonamides is 1. The van der Waals surface area contributed by atoms with Crippen LogP contribution in [0.25, 0.3) is 0 Å². The molecular weight excluding hydrogens is 344 g/mol. The van der Waals surface area contributed by atoms with Crippen LogP contribution in [0.15, 0.2) is 24.3 Å². The summed E-state index contributed by atoms with van der Waals surface area (Å²) in [4.78, 5) is 12.5. The number of methoxy groups -OCH3 is 2. The monoisotopic (exact) mass is 370 g/mol. The van der Waals surface area contributed by atoms with Crippen LogP contribution in [0.3, 0.4) is 0 Å². The molecule has 1 amide bonds. The van der Waals surface area contributed by atoms with Crippen molar-refractivity contribution in [3.8, 4) is 5.75 Å². The third kappa shape index (κ3) is 5.42. The normalized spacial score (nSPS) is 18.7. The zero-order valence-electron chi connectivity index (χ0n) is 14.7. The van der Waals surface area contributed by atoms with Gasteiger partial charge in [-0.2, -0.15) is 0 Å². The number of carbonyl (C=O) groups is 1. The van der Waals surface area contributed by atoms with Gasteiger partial charge in [-0.05, 0) is 18.9 Å². The maximum Gasteiger partial charge on any atom is 0.224 e. The Kier molecular flexibility index (Phi) is 7.22. The van der Waals surface area contributed by atoms with Crippen LogP contribution in [0.2, 0.25) is 0 Å². The minimum absolute atomic E-state index is 0.0565. The van der Waals surface area contributed by atoms with E-state index in [-0.39, 0.29) is 30.7 Å². The number of hydrogen-bond donors (Lipinski definition) is 1. The van der Waals surface area contributed by atoms with E-state index in [4.69, 9.17) is 9.47 Å². The molecule has 1 aliphatic heterocycles. The second-order valence-corrected chi connectivity index (χ2v) is 8.12. The van der Waals surface area contributed by atoms with Crippen LogP contribution < -0.4 is 10.1 Å². The summed E-state index contributed by atoms with van der Waals surface area (Å²) < 4.78 is 36.1. The number of amides is 1. The lowest BCUT2D eigenvalue weighted by atomic mass is 9.98. The Hall–Kier alpha value is -1.64. The van der Waals surface area contributed by atoms with E-state index in [0.29, 0.717) is 25.9 Å². The summed E-state index contributed by atoms with van der Waals surface area (Å²) >= 11 is 0. The molecule has 8 heteroatoms. The Morgan fingerprint density at radius 1 is 1.32 bits per heavy atom. The number of hydrogen-bond acceptors (Lipinski definition) is 5. The minimum Gasteiger partial charge on any atom is -0.496 e. The van der Waals surface area contributed by atoms with Gasteiger partial charge in [-0.15, -0.1) is 0 Å². The molecule has 1 heterocycles. The first-order chi connectivity index (χ1) is 12.0. The molecule has 140 valence electrons. The quantitative estimate of drug-likeness (QED) is 0.738. The molecule has 1 aliphatic rings. The highest BCUT2D eigenvalue weighted by molar-refractivity contribution is 7.89. The predicted octanol–water partition coefficient (Wildman–Crippen LogP) is 1.000. The van der Waals surface area contributed by atoms with Gasteiger partial charge in [0.05, 0.1) is 25.4 Å². The summed E-state index contributed by atoms with van der Waals surface area (Å²) in [6, 6.07) is 7.48. The molecule has 1 aromatic carbocycles. The fraction of sp³-hybridized carbons (Fsp3) is 0.588. The molecule has 0 aliphatic carbocycles. The van der Waals surface area contributed by atoms with E-state index in [2.05, 4.69) is 5.32 Å². The number of nitrogens with zero attached hydrogens (tertiary/aromatic N) is 1. The van der Waals surface area contributed by atoms with Crippen molar-refractivity contribution in [3.05, 3.63) is 29.8 Å². The fourth-order valence-corrected chi connectivity index (χ4v) is 4.35. The fourth-order valence-electron chi connectivity index (χ4n) is 2.90. The minimum atomic E-state index is -3.38. The highest BCUT2D eigenvalue weighted by Gasteiger charge is 2.32. The second kappa shape index (κ2) is 9.17. The molecule has 1 unspecified atom stereocenters. The standard InChI is InChI=1S/C17H26N2O5S/c1-23-10-11-25(21,22)19-9-5-7-15(13-19)17(20)18-12-14-6-3-4-8-16(14)24-2/h3-4,6,8,15H,5,7,9-13H2,1-2H3,(H,18,20). The van der Waals surface area contributed by atoms with Gasteiger partial charge in [0.25, 0.3) is 0 Å². The molecule has 2 rings (SSSR count). The Balaban J connectivity index is 1.93. The third-order valence-corrected chi connectivity index (χ3v) is 6.14. The molecule has 1 fully saturated rings. The van der Waals surface area contributed by atoms with Crippen LogP contribution in [0.5, 0.6) is 5.75 Å². The smallest absolute Gasteiger partial charge is 0.224 e. The predicted molar refractivity (Wildman–Crippen MR) is 94.8 cm³/mol. The average molecular weight is 370 g/mol. The first-order valence-corrected chi connectivity index (χ1v) is 9.95. The van der Waals surface area contributed by atoms with Crippen molar-refractivity contribution < 1.29 is 22.7 Å². The molecular formula is C17H26N2O5S. The second-order valence-electron chi connectivity index (χ2n) is 6.04. The number of carbonyl (C=O) groups excluding carboxylic acids is 1. The van der Waals surface area contributed by atoms with E-state index in [9.17, 15) is 13.2 Å². The summed E-state index contributed by atoms with van der Waals surface area (Å²) in [7, 11) is -0.321. The largest absolute Gasteiger partial charge is 0.496 e. The van der Waals surface area contributed by atoms with Crippen LogP contribution in [0, 0.1) is 5.92 Å². The van der Waals surface area contributed by atoms with Crippen LogP contribution in [-0.4, -0.2) is 58.3 Å². The van der Waals surface area contributed by atoms with Gasteiger partial charge in [-0.3, -0.25) is 4.79 Å². The molecule has 25 heavy (non-hydrogen) atoms. The zero-order chi connectivity index (χ0) is 18.3. The summed E-state index contributed by atoms with van der Waals surface area (Å²) in [6.07, 6.45) is 1.37. The van der Waals surface area contributed by atoms with E-state index in [1.165, 1.54) is 11.4 Å². The van der Waals surface area contributed by atoms with Crippen molar-refractivity contribution in [2.24, 2.45) is 5.92 Å².